The van der Waals surface area contributed by atoms with Crippen molar-refractivity contribution >= 4 is 37.6 Å². The Morgan fingerprint density at radius 1 is 0.917 bits per heavy atom. The molecule has 36 heavy (non-hydrogen) atoms. The summed E-state index contributed by atoms with van der Waals surface area (Å²) in [4.78, 5) is 26.2. The second-order valence-electron chi connectivity index (χ2n) is 9.28. The van der Waals surface area contributed by atoms with Crippen LogP contribution >= 0.6 is 15.9 Å². The van der Waals surface area contributed by atoms with E-state index in [4.69, 9.17) is 8.92 Å². The second-order valence-corrected chi connectivity index (χ2v) is 11.7. The number of hydrogen-bond donors (Lipinski definition) is 1. The average molecular weight is 572 g/mol. The van der Waals surface area contributed by atoms with Crippen molar-refractivity contribution in [3.05, 3.63) is 74.5 Å². The van der Waals surface area contributed by atoms with Crippen molar-refractivity contribution in [3.8, 4) is 11.5 Å². The van der Waals surface area contributed by atoms with E-state index in [9.17, 15) is 18.0 Å². The number of methoxy groups -OCH3 is 1. The minimum atomic E-state index is -4.13. The van der Waals surface area contributed by atoms with E-state index in [1.807, 2.05) is 6.92 Å². The van der Waals surface area contributed by atoms with E-state index in [-0.39, 0.29) is 28.0 Å². The molecule has 1 N–H and O–H groups in total. The van der Waals surface area contributed by atoms with E-state index < -0.39 is 16.0 Å². The lowest BCUT2D eigenvalue weighted by Gasteiger charge is -2.37. The van der Waals surface area contributed by atoms with Crippen LogP contribution in [0.2, 0.25) is 0 Å². The van der Waals surface area contributed by atoms with Crippen LogP contribution in [0.25, 0.3) is 0 Å². The topological polar surface area (TPSA) is 98.8 Å². The number of ether oxygens (including phenoxy) is 1. The molecule has 1 aliphatic heterocycles. The fourth-order valence-corrected chi connectivity index (χ4v) is 6.77. The Hall–Kier alpha value is -2.91. The SMILES string of the molecule is COc1cc(C2C3=C(CCCC3=O)NC3=C2C(=O)CCC3)cc(Br)c1OS(=O)(=O)c1ccc(C)cc1. The van der Waals surface area contributed by atoms with E-state index in [0.29, 0.717) is 34.0 Å². The molecule has 2 aromatic carbocycles. The molecular formula is C27H26BrNO6S. The van der Waals surface area contributed by atoms with Crippen LogP contribution in [0.5, 0.6) is 11.5 Å². The highest BCUT2D eigenvalue weighted by Gasteiger charge is 2.40. The molecule has 0 saturated carbocycles. The Morgan fingerprint density at radius 3 is 2.06 bits per heavy atom. The Kier molecular flexibility index (Phi) is 6.55. The van der Waals surface area contributed by atoms with Gasteiger partial charge in [0.15, 0.2) is 23.1 Å². The summed E-state index contributed by atoms with van der Waals surface area (Å²) in [6.45, 7) is 1.87. The van der Waals surface area contributed by atoms with Gasteiger partial charge in [-0.1, -0.05) is 17.7 Å². The molecule has 9 heteroatoms. The quantitative estimate of drug-likeness (QED) is 0.490. The number of allylic oxidation sites excluding steroid dienone is 4. The molecule has 0 fully saturated rings. The number of Topliss-reactive ketones (excluding diaryl/α,β-unsaturated/α-hetero) is 2. The van der Waals surface area contributed by atoms with Crippen LogP contribution in [-0.2, 0) is 19.7 Å². The number of carbonyl (C=O) groups excluding carboxylic acids is 2. The van der Waals surface area contributed by atoms with Gasteiger partial charge in [0.05, 0.1) is 11.6 Å². The van der Waals surface area contributed by atoms with Crippen molar-refractivity contribution in [2.75, 3.05) is 7.11 Å². The van der Waals surface area contributed by atoms with Crippen LogP contribution in [-0.4, -0.2) is 27.1 Å². The van der Waals surface area contributed by atoms with Crippen molar-refractivity contribution in [1.29, 1.82) is 0 Å². The zero-order chi connectivity index (χ0) is 25.6. The fraction of sp³-hybridized carbons (Fsp3) is 0.333. The fourth-order valence-electron chi connectivity index (χ4n) is 5.17. The first-order valence-corrected chi connectivity index (χ1v) is 14.1. The monoisotopic (exact) mass is 571 g/mol. The highest BCUT2D eigenvalue weighted by Crippen LogP contribution is 2.48. The molecule has 0 saturated heterocycles. The highest BCUT2D eigenvalue weighted by molar-refractivity contribution is 9.10. The first-order chi connectivity index (χ1) is 17.2. The van der Waals surface area contributed by atoms with Crippen LogP contribution in [0.4, 0.5) is 0 Å². The first-order valence-electron chi connectivity index (χ1n) is 11.9. The van der Waals surface area contributed by atoms with Crippen molar-refractivity contribution in [1.82, 2.24) is 5.32 Å². The molecule has 0 atom stereocenters. The highest BCUT2D eigenvalue weighted by atomic mass is 79.9. The molecule has 0 radical (unpaired) electrons. The molecular weight excluding hydrogens is 546 g/mol. The van der Waals surface area contributed by atoms with Gasteiger partial charge in [-0.05, 0) is 78.4 Å². The van der Waals surface area contributed by atoms with E-state index in [1.165, 1.54) is 19.2 Å². The summed E-state index contributed by atoms with van der Waals surface area (Å²) in [7, 11) is -2.70. The van der Waals surface area contributed by atoms with E-state index >= 15 is 0 Å². The van der Waals surface area contributed by atoms with Gasteiger partial charge < -0.3 is 14.2 Å². The van der Waals surface area contributed by atoms with Crippen LogP contribution in [0, 0.1) is 6.92 Å². The standard InChI is InChI=1S/C27H26BrNO6S/c1-15-9-11-17(12-10-15)36(32,33)35-27-18(28)13-16(14-23(27)34-2)24-25-19(5-3-7-21(25)30)29-20-6-4-8-22(31)26(20)24/h9-14,24,29H,3-8H2,1-2H3. The van der Waals surface area contributed by atoms with E-state index in [1.54, 1.807) is 24.3 Å². The predicted molar refractivity (Wildman–Crippen MR) is 137 cm³/mol. The molecule has 188 valence electrons. The van der Waals surface area contributed by atoms with Gasteiger partial charge >= 0.3 is 10.1 Å². The number of halogens is 1. The van der Waals surface area contributed by atoms with Gasteiger partial charge in [-0.25, -0.2) is 0 Å². The summed E-state index contributed by atoms with van der Waals surface area (Å²) >= 11 is 3.46. The smallest absolute Gasteiger partial charge is 0.339 e. The predicted octanol–water partition coefficient (Wildman–Crippen LogP) is 5.23. The molecule has 0 spiro atoms. The number of dihydropyridines is 1. The van der Waals surface area contributed by atoms with Gasteiger partial charge in [-0.15, -0.1) is 0 Å². The maximum Gasteiger partial charge on any atom is 0.339 e. The van der Waals surface area contributed by atoms with Crippen LogP contribution < -0.4 is 14.2 Å². The summed E-state index contributed by atoms with van der Waals surface area (Å²) in [6.07, 6.45) is 3.90. The van der Waals surface area contributed by atoms with E-state index in [0.717, 1.165) is 42.6 Å². The second kappa shape index (κ2) is 9.52. The summed E-state index contributed by atoms with van der Waals surface area (Å²) in [6, 6.07) is 9.75. The van der Waals surface area contributed by atoms with Gasteiger partial charge in [-0.2, -0.15) is 8.42 Å². The van der Waals surface area contributed by atoms with Crippen molar-refractivity contribution in [2.24, 2.45) is 0 Å². The van der Waals surface area contributed by atoms with Crippen molar-refractivity contribution < 1.29 is 26.9 Å². The number of ketones is 2. The summed E-state index contributed by atoms with van der Waals surface area (Å²) < 4.78 is 37.3. The lowest BCUT2D eigenvalue weighted by atomic mass is 9.71. The summed E-state index contributed by atoms with van der Waals surface area (Å²) in [5.74, 6) is -0.301. The Bertz CT molecular complexity index is 1400. The Labute approximate surface area is 218 Å². The molecule has 0 aromatic heterocycles. The van der Waals surface area contributed by atoms with Crippen LogP contribution in [0.3, 0.4) is 0 Å². The maximum absolute atomic E-state index is 13.1. The molecule has 0 bridgehead atoms. The van der Waals surface area contributed by atoms with Crippen molar-refractivity contribution in [2.45, 2.75) is 56.3 Å². The number of benzene rings is 2. The minimum Gasteiger partial charge on any atom is -0.493 e. The van der Waals surface area contributed by atoms with Crippen molar-refractivity contribution in [3.63, 3.8) is 0 Å². The molecule has 3 aliphatic rings. The number of nitrogens with one attached hydrogen (secondary N) is 1. The maximum atomic E-state index is 13.1. The minimum absolute atomic E-state index is 0.00380. The normalized spacial score (nSPS) is 18.5. The first kappa shape index (κ1) is 24.8. The van der Waals surface area contributed by atoms with Gasteiger partial charge in [0.1, 0.15) is 4.90 Å². The number of rotatable bonds is 5. The molecule has 5 rings (SSSR count). The van der Waals surface area contributed by atoms with Gasteiger partial charge in [-0.3, -0.25) is 9.59 Å². The number of aryl methyl sites for hydroxylation is 1. The lowest BCUT2D eigenvalue weighted by Crippen LogP contribution is -2.36. The zero-order valence-electron chi connectivity index (χ0n) is 20.0. The average Bonchev–Trinajstić information content (AvgIpc) is 2.84. The molecule has 1 heterocycles. The Balaban J connectivity index is 1.61. The van der Waals surface area contributed by atoms with E-state index in [2.05, 4.69) is 21.2 Å². The molecule has 0 amide bonds. The molecule has 2 aliphatic carbocycles. The number of carbonyl (C=O) groups is 2. The van der Waals surface area contributed by atoms with Gasteiger partial charge in [0.25, 0.3) is 0 Å². The molecule has 0 unspecified atom stereocenters. The van der Waals surface area contributed by atoms with Gasteiger partial charge in [0, 0.05) is 41.3 Å². The molecule has 7 nitrogen and oxygen atoms in total. The third kappa shape index (κ3) is 4.39. The zero-order valence-corrected chi connectivity index (χ0v) is 22.4. The van der Waals surface area contributed by atoms with Crippen LogP contribution in [0.1, 0.15) is 55.6 Å². The summed E-state index contributed by atoms with van der Waals surface area (Å²) in [5, 5.41) is 3.40. The van der Waals surface area contributed by atoms with Crippen LogP contribution in [0.15, 0.2) is 68.3 Å². The summed E-state index contributed by atoms with van der Waals surface area (Å²) in [5.41, 5.74) is 4.58. The third-order valence-electron chi connectivity index (χ3n) is 6.88. The Morgan fingerprint density at radius 2 is 1.50 bits per heavy atom. The largest absolute Gasteiger partial charge is 0.493 e. The molecule has 2 aromatic rings. The third-order valence-corrected chi connectivity index (χ3v) is 8.70. The number of hydrogen-bond acceptors (Lipinski definition) is 7. The lowest BCUT2D eigenvalue weighted by molar-refractivity contribution is -0.117. The van der Waals surface area contributed by atoms with Gasteiger partial charge in [0.2, 0.25) is 0 Å².